The summed E-state index contributed by atoms with van der Waals surface area (Å²) in [5.41, 5.74) is 5.90. The second-order valence-electron chi connectivity index (χ2n) is 6.55. The fourth-order valence-corrected chi connectivity index (χ4v) is 3.31. The molecule has 0 aliphatic carbocycles. The lowest BCUT2D eigenvalue weighted by molar-refractivity contribution is -0.122. The van der Waals surface area contributed by atoms with Gasteiger partial charge in [0.2, 0.25) is 6.43 Å². The van der Waals surface area contributed by atoms with E-state index in [0.717, 1.165) is 5.56 Å². The molecule has 0 radical (unpaired) electrons. The lowest BCUT2D eigenvalue weighted by atomic mass is 9.82. The third-order valence-electron chi connectivity index (χ3n) is 4.59. The van der Waals surface area contributed by atoms with Crippen molar-refractivity contribution in [2.45, 2.75) is 37.8 Å². The van der Waals surface area contributed by atoms with E-state index in [1.54, 1.807) is 24.3 Å². The summed E-state index contributed by atoms with van der Waals surface area (Å²) in [6.07, 6.45) is -1.88. The Morgan fingerprint density at radius 2 is 1.79 bits per heavy atom. The molecule has 0 spiro atoms. The number of aryl methyl sites for hydroxylation is 1. The molecule has 9 heteroatoms. The highest BCUT2D eigenvalue weighted by atomic mass is 19.3. The highest BCUT2D eigenvalue weighted by Gasteiger charge is 2.46. The molecule has 1 unspecified atom stereocenters. The van der Waals surface area contributed by atoms with Crippen LogP contribution in [0.15, 0.2) is 53.5 Å². The molecule has 1 atom stereocenters. The smallest absolute Gasteiger partial charge is 0.387 e. The van der Waals surface area contributed by atoms with Crippen LogP contribution in [0, 0.1) is 0 Å². The van der Waals surface area contributed by atoms with Gasteiger partial charge in [-0.2, -0.15) is 8.78 Å². The first kappa shape index (κ1) is 20.6. The summed E-state index contributed by atoms with van der Waals surface area (Å²) in [7, 11) is 0. The summed E-state index contributed by atoms with van der Waals surface area (Å²) in [5.74, 6) is -0.636. The van der Waals surface area contributed by atoms with Crippen molar-refractivity contribution in [3.63, 3.8) is 0 Å². The maximum absolute atomic E-state index is 12.8. The van der Waals surface area contributed by atoms with Gasteiger partial charge in [-0.3, -0.25) is 10.1 Å². The standard InChI is InChI=1S/C20H19F4N3O2/c21-16(22)6-2-4-12-3-1-5-14(11-12)20(17(28)26-19(25)27-20)13-7-9-15(10-8-13)29-18(23)24/h1,3,5,7-11,16,18H,2,4,6H2,(H3,25,26,27,28). The minimum absolute atomic E-state index is 0.0602. The summed E-state index contributed by atoms with van der Waals surface area (Å²) in [4.78, 5) is 17.1. The van der Waals surface area contributed by atoms with Crippen LogP contribution >= 0.6 is 0 Å². The number of nitrogens with two attached hydrogens (primary N) is 1. The molecule has 154 valence electrons. The predicted molar refractivity (Wildman–Crippen MR) is 99.0 cm³/mol. The quantitative estimate of drug-likeness (QED) is 0.655. The fourth-order valence-electron chi connectivity index (χ4n) is 3.31. The van der Waals surface area contributed by atoms with E-state index >= 15 is 0 Å². The summed E-state index contributed by atoms with van der Waals surface area (Å²) in [5, 5.41) is 2.47. The van der Waals surface area contributed by atoms with Crippen molar-refractivity contribution in [3.8, 4) is 5.75 Å². The van der Waals surface area contributed by atoms with Gasteiger partial charge in [-0.25, -0.2) is 13.8 Å². The number of ether oxygens (including phenoxy) is 1. The van der Waals surface area contributed by atoms with Gasteiger partial charge in [0.05, 0.1) is 0 Å². The first-order valence-corrected chi connectivity index (χ1v) is 8.91. The van der Waals surface area contributed by atoms with Crippen LogP contribution in [0.5, 0.6) is 5.75 Å². The first-order chi connectivity index (χ1) is 13.8. The number of hydrogen-bond donors (Lipinski definition) is 2. The summed E-state index contributed by atoms with van der Waals surface area (Å²) in [6, 6.07) is 12.4. The topological polar surface area (TPSA) is 76.7 Å². The van der Waals surface area contributed by atoms with Crippen LogP contribution in [0.25, 0.3) is 0 Å². The van der Waals surface area contributed by atoms with Crippen molar-refractivity contribution in [1.29, 1.82) is 0 Å². The van der Waals surface area contributed by atoms with E-state index in [9.17, 15) is 22.4 Å². The molecule has 3 rings (SSSR count). The number of benzene rings is 2. The van der Waals surface area contributed by atoms with Crippen LogP contribution in [-0.2, 0) is 16.8 Å². The van der Waals surface area contributed by atoms with Gasteiger partial charge in [-0.1, -0.05) is 36.4 Å². The largest absolute Gasteiger partial charge is 0.435 e. The Kier molecular flexibility index (Phi) is 6.05. The first-order valence-electron chi connectivity index (χ1n) is 8.91. The Bertz CT molecular complexity index is 903. The molecule has 1 aliphatic heterocycles. The minimum Gasteiger partial charge on any atom is -0.435 e. The van der Waals surface area contributed by atoms with E-state index in [-0.39, 0.29) is 18.1 Å². The van der Waals surface area contributed by atoms with Gasteiger partial charge in [0.15, 0.2) is 11.5 Å². The number of amides is 1. The molecule has 2 aromatic rings. The second-order valence-corrected chi connectivity index (χ2v) is 6.55. The van der Waals surface area contributed by atoms with Crippen molar-refractivity contribution in [2.24, 2.45) is 10.7 Å². The molecule has 3 N–H and O–H groups in total. The van der Waals surface area contributed by atoms with Gasteiger partial charge in [-0.05, 0) is 41.7 Å². The van der Waals surface area contributed by atoms with Crippen LogP contribution in [-0.4, -0.2) is 24.9 Å². The van der Waals surface area contributed by atoms with Gasteiger partial charge in [0.25, 0.3) is 5.91 Å². The van der Waals surface area contributed by atoms with Crippen LogP contribution in [0.3, 0.4) is 0 Å². The van der Waals surface area contributed by atoms with Crippen molar-refractivity contribution in [3.05, 3.63) is 65.2 Å². The summed E-state index contributed by atoms with van der Waals surface area (Å²) in [6.45, 7) is -2.97. The van der Waals surface area contributed by atoms with E-state index < -0.39 is 24.5 Å². The SMILES string of the molecule is NC1=NC(c2ccc(OC(F)F)cc2)(c2cccc(CCCC(F)F)c2)C(=O)N1. The highest BCUT2D eigenvalue weighted by molar-refractivity contribution is 6.09. The highest BCUT2D eigenvalue weighted by Crippen LogP contribution is 2.38. The van der Waals surface area contributed by atoms with Crippen LogP contribution < -0.4 is 15.8 Å². The number of nitrogens with one attached hydrogen (secondary N) is 1. The fraction of sp³-hybridized carbons (Fsp3) is 0.300. The Morgan fingerprint density at radius 1 is 1.07 bits per heavy atom. The number of nitrogens with zero attached hydrogens (tertiary/aromatic N) is 1. The number of carbonyl (C=O) groups is 1. The number of halogens is 4. The predicted octanol–water partition coefficient (Wildman–Crippen LogP) is 3.56. The van der Waals surface area contributed by atoms with Gasteiger partial charge < -0.3 is 10.5 Å². The summed E-state index contributed by atoms with van der Waals surface area (Å²) < 4.78 is 54.0. The van der Waals surface area contributed by atoms with E-state index in [2.05, 4.69) is 15.0 Å². The Hall–Kier alpha value is -3.10. The molecular weight excluding hydrogens is 390 g/mol. The van der Waals surface area contributed by atoms with E-state index in [1.165, 1.54) is 24.3 Å². The summed E-state index contributed by atoms with van der Waals surface area (Å²) >= 11 is 0. The second kappa shape index (κ2) is 8.50. The van der Waals surface area contributed by atoms with Crippen molar-refractivity contribution < 1.29 is 27.1 Å². The zero-order valence-corrected chi connectivity index (χ0v) is 15.2. The third-order valence-corrected chi connectivity index (χ3v) is 4.59. The average Bonchev–Trinajstić information content (AvgIpc) is 2.97. The number of rotatable bonds is 8. The zero-order valence-electron chi connectivity index (χ0n) is 15.2. The molecule has 0 saturated heterocycles. The molecule has 0 fully saturated rings. The van der Waals surface area contributed by atoms with E-state index in [0.29, 0.717) is 24.0 Å². The molecule has 5 nitrogen and oxygen atoms in total. The van der Waals surface area contributed by atoms with Crippen LogP contribution in [0.1, 0.15) is 29.5 Å². The molecule has 0 aromatic heterocycles. The number of hydrogen-bond acceptors (Lipinski definition) is 4. The minimum atomic E-state index is -2.97. The molecule has 0 saturated carbocycles. The Morgan fingerprint density at radius 3 is 2.38 bits per heavy atom. The third kappa shape index (κ3) is 4.49. The van der Waals surface area contributed by atoms with Crippen molar-refractivity contribution >= 4 is 11.9 Å². The maximum Gasteiger partial charge on any atom is 0.387 e. The maximum atomic E-state index is 12.8. The Balaban J connectivity index is 1.97. The van der Waals surface area contributed by atoms with Crippen molar-refractivity contribution in [1.82, 2.24) is 5.32 Å². The number of alkyl halides is 4. The van der Waals surface area contributed by atoms with Crippen LogP contribution in [0.4, 0.5) is 17.6 Å². The lowest BCUT2D eigenvalue weighted by Crippen LogP contribution is -2.39. The molecule has 0 bridgehead atoms. The number of carbonyl (C=O) groups excluding carboxylic acids is 1. The number of aliphatic imine (C=N–C) groups is 1. The van der Waals surface area contributed by atoms with Gasteiger partial charge in [0.1, 0.15) is 5.75 Å². The van der Waals surface area contributed by atoms with Gasteiger partial charge >= 0.3 is 6.61 Å². The van der Waals surface area contributed by atoms with Crippen molar-refractivity contribution in [2.75, 3.05) is 0 Å². The molecular formula is C20H19F4N3O2. The van der Waals surface area contributed by atoms with E-state index in [4.69, 9.17) is 5.73 Å². The van der Waals surface area contributed by atoms with Gasteiger partial charge in [0, 0.05) is 6.42 Å². The number of guanidine groups is 1. The Labute approximate surface area is 164 Å². The molecule has 29 heavy (non-hydrogen) atoms. The molecule has 1 amide bonds. The zero-order chi connectivity index (χ0) is 21.0. The van der Waals surface area contributed by atoms with Crippen LogP contribution in [0.2, 0.25) is 0 Å². The monoisotopic (exact) mass is 409 g/mol. The lowest BCUT2D eigenvalue weighted by Gasteiger charge is -2.25. The molecule has 1 heterocycles. The molecule has 1 aliphatic rings. The normalized spacial score (nSPS) is 18.8. The van der Waals surface area contributed by atoms with E-state index in [1.807, 2.05) is 0 Å². The van der Waals surface area contributed by atoms with Gasteiger partial charge in [-0.15, -0.1) is 0 Å². The average molecular weight is 409 g/mol. The molecule has 2 aromatic carbocycles.